The van der Waals surface area contributed by atoms with Crippen molar-refractivity contribution in [1.29, 1.82) is 0 Å². The molecule has 2 aromatic carbocycles. The maximum atomic E-state index is 13.3. The lowest BCUT2D eigenvalue weighted by Crippen LogP contribution is -2.37. The minimum Gasteiger partial charge on any atom is -0.451 e. The molecule has 0 aliphatic heterocycles. The normalized spacial score (nSPS) is 10.6. The number of amides is 2. The molecule has 0 atom stereocenters. The Morgan fingerprint density at radius 2 is 1.76 bits per heavy atom. The summed E-state index contributed by atoms with van der Waals surface area (Å²) in [5.74, 6) is -2.07. The van der Waals surface area contributed by atoms with Gasteiger partial charge in [0.25, 0.3) is 5.91 Å². The Hall–Kier alpha value is -3.66. The largest absolute Gasteiger partial charge is 0.451 e. The molecule has 0 aliphatic carbocycles. The van der Waals surface area contributed by atoms with Crippen LogP contribution in [0.2, 0.25) is 0 Å². The molecule has 0 bridgehead atoms. The number of benzene rings is 2. The fourth-order valence-corrected chi connectivity index (χ4v) is 3.81. The number of imidazole rings is 1. The summed E-state index contributed by atoms with van der Waals surface area (Å²) >= 11 is 1.30. The summed E-state index contributed by atoms with van der Waals surface area (Å²) in [7, 11) is 1.45. The molecule has 178 valence electrons. The first kappa shape index (κ1) is 25.0. The monoisotopic (exact) mass is 484 g/mol. The van der Waals surface area contributed by atoms with Crippen LogP contribution in [-0.4, -0.2) is 58.7 Å². The second-order valence-corrected chi connectivity index (χ2v) is 8.36. The second kappa shape index (κ2) is 11.0. The number of anilines is 1. The van der Waals surface area contributed by atoms with Crippen molar-refractivity contribution in [2.24, 2.45) is 0 Å². The Balaban J connectivity index is 1.61. The lowest BCUT2D eigenvalue weighted by atomic mass is 10.1. The Labute approximate surface area is 201 Å². The molecule has 34 heavy (non-hydrogen) atoms. The van der Waals surface area contributed by atoms with Crippen LogP contribution in [0.3, 0.4) is 0 Å². The molecule has 0 unspecified atom stereocenters. The predicted octanol–water partition coefficient (Wildman–Crippen LogP) is 3.60. The maximum absolute atomic E-state index is 13.3. The molecule has 10 heteroatoms. The number of nitrogens with one attached hydrogen (secondary N) is 1. The van der Waals surface area contributed by atoms with Crippen molar-refractivity contribution in [3.05, 3.63) is 71.3 Å². The Morgan fingerprint density at radius 1 is 1.12 bits per heavy atom. The lowest BCUT2D eigenvalue weighted by molar-refractivity contribution is -0.136. The number of thioether (sulfide) groups is 1. The molecule has 3 rings (SSSR count). The molecule has 0 fully saturated rings. The van der Waals surface area contributed by atoms with Gasteiger partial charge >= 0.3 is 5.97 Å². The van der Waals surface area contributed by atoms with Gasteiger partial charge in [0.2, 0.25) is 5.91 Å². The van der Waals surface area contributed by atoms with Crippen LogP contribution < -0.4 is 5.32 Å². The van der Waals surface area contributed by atoms with E-state index in [1.807, 2.05) is 32.0 Å². The summed E-state index contributed by atoms with van der Waals surface area (Å²) in [6.45, 7) is 3.02. The number of nitrogens with zero attached hydrogens (tertiary/aromatic N) is 3. The average Bonchev–Trinajstić information content (AvgIpc) is 3.24. The number of carbonyl (C=O) groups excluding carboxylic acids is 3. The second-order valence-electron chi connectivity index (χ2n) is 7.58. The Bertz CT molecular complexity index is 1190. The minimum atomic E-state index is -0.765. The van der Waals surface area contributed by atoms with Crippen LogP contribution >= 0.6 is 11.8 Å². The van der Waals surface area contributed by atoms with E-state index in [4.69, 9.17) is 4.74 Å². The molecule has 0 saturated carbocycles. The van der Waals surface area contributed by atoms with Crippen molar-refractivity contribution in [2.75, 3.05) is 31.8 Å². The van der Waals surface area contributed by atoms with Crippen molar-refractivity contribution in [2.45, 2.75) is 19.0 Å². The van der Waals surface area contributed by atoms with Gasteiger partial charge in [-0.05, 0) is 55.5 Å². The van der Waals surface area contributed by atoms with Crippen LogP contribution in [0, 0.1) is 19.7 Å². The molecule has 1 N–H and O–H groups in total. The highest BCUT2D eigenvalue weighted by Gasteiger charge is 2.21. The van der Waals surface area contributed by atoms with Gasteiger partial charge < -0.3 is 15.0 Å². The van der Waals surface area contributed by atoms with E-state index >= 15 is 0 Å². The number of hydrogen-bond acceptors (Lipinski definition) is 6. The van der Waals surface area contributed by atoms with Crippen LogP contribution in [0.4, 0.5) is 10.1 Å². The summed E-state index contributed by atoms with van der Waals surface area (Å²) in [6, 6.07) is 11.2. The highest BCUT2D eigenvalue weighted by molar-refractivity contribution is 7.98. The summed E-state index contributed by atoms with van der Waals surface area (Å²) in [5, 5.41) is 3.32. The smallest absolute Gasteiger partial charge is 0.357 e. The van der Waals surface area contributed by atoms with E-state index in [0.29, 0.717) is 16.5 Å². The third kappa shape index (κ3) is 5.82. The number of esters is 1. The number of para-hydroxylation sites is 1. The van der Waals surface area contributed by atoms with Gasteiger partial charge in [-0.3, -0.25) is 14.2 Å². The van der Waals surface area contributed by atoms with Crippen LogP contribution in [0.15, 0.2) is 53.8 Å². The Kier molecular flexibility index (Phi) is 8.06. The summed E-state index contributed by atoms with van der Waals surface area (Å²) in [6.07, 6.45) is 3.13. The molecule has 0 spiro atoms. The molecule has 0 saturated heterocycles. The van der Waals surface area contributed by atoms with E-state index in [0.717, 1.165) is 11.1 Å². The number of ether oxygens (including phenoxy) is 1. The van der Waals surface area contributed by atoms with Crippen molar-refractivity contribution < 1.29 is 23.5 Å². The molecular formula is C24H25FN4O4S. The highest BCUT2D eigenvalue weighted by atomic mass is 32.2. The topological polar surface area (TPSA) is 93.5 Å². The van der Waals surface area contributed by atoms with E-state index in [-0.39, 0.29) is 18.1 Å². The summed E-state index contributed by atoms with van der Waals surface area (Å²) in [5.41, 5.74) is 3.16. The van der Waals surface area contributed by atoms with E-state index in [9.17, 15) is 18.8 Å². The molecule has 0 aliphatic rings. The molecule has 0 radical (unpaired) electrons. The third-order valence-corrected chi connectivity index (χ3v) is 5.74. The van der Waals surface area contributed by atoms with Gasteiger partial charge in [0.05, 0.1) is 12.7 Å². The minimum absolute atomic E-state index is 0.0965. The number of halogens is 1. The quantitative estimate of drug-likeness (QED) is 0.388. The van der Waals surface area contributed by atoms with Crippen molar-refractivity contribution in [3.8, 4) is 5.69 Å². The fourth-order valence-electron chi connectivity index (χ4n) is 3.27. The highest BCUT2D eigenvalue weighted by Crippen LogP contribution is 2.23. The van der Waals surface area contributed by atoms with E-state index < -0.39 is 24.3 Å². The van der Waals surface area contributed by atoms with Crippen LogP contribution in [0.5, 0.6) is 0 Å². The zero-order chi connectivity index (χ0) is 24.8. The first-order chi connectivity index (χ1) is 16.2. The van der Waals surface area contributed by atoms with Gasteiger partial charge in [-0.2, -0.15) is 0 Å². The van der Waals surface area contributed by atoms with Crippen molar-refractivity contribution in [1.82, 2.24) is 14.5 Å². The van der Waals surface area contributed by atoms with Crippen LogP contribution in [0.25, 0.3) is 5.69 Å². The third-order valence-electron chi connectivity index (χ3n) is 5.08. The number of rotatable bonds is 8. The zero-order valence-electron chi connectivity index (χ0n) is 19.3. The molecule has 8 nitrogen and oxygen atoms in total. The average molecular weight is 485 g/mol. The molecular weight excluding hydrogens is 459 g/mol. The first-order valence-electron chi connectivity index (χ1n) is 10.4. The molecule has 2 amide bonds. The van der Waals surface area contributed by atoms with Crippen LogP contribution in [0.1, 0.15) is 21.6 Å². The number of aromatic nitrogens is 2. The van der Waals surface area contributed by atoms with Gasteiger partial charge in [0.15, 0.2) is 17.5 Å². The van der Waals surface area contributed by atoms with Gasteiger partial charge in [0.1, 0.15) is 5.82 Å². The molecule has 1 heterocycles. The summed E-state index contributed by atoms with van der Waals surface area (Å²) in [4.78, 5) is 42.9. The fraction of sp³-hybridized carbons (Fsp3) is 0.250. The van der Waals surface area contributed by atoms with Crippen molar-refractivity contribution in [3.63, 3.8) is 0 Å². The maximum Gasteiger partial charge on any atom is 0.357 e. The van der Waals surface area contributed by atoms with E-state index in [1.54, 1.807) is 6.26 Å². The van der Waals surface area contributed by atoms with Gasteiger partial charge in [0, 0.05) is 18.4 Å². The SMILES string of the molecule is CSc1ncc(C(=O)OCC(=O)N(C)CC(=O)Nc2c(C)cccc2C)n1-c1ccc(F)cc1. The first-order valence-corrected chi connectivity index (χ1v) is 11.6. The van der Waals surface area contributed by atoms with Crippen molar-refractivity contribution >= 4 is 35.2 Å². The van der Waals surface area contributed by atoms with Gasteiger partial charge in [-0.15, -0.1) is 0 Å². The summed E-state index contributed by atoms with van der Waals surface area (Å²) < 4.78 is 20.0. The Morgan fingerprint density at radius 3 is 2.38 bits per heavy atom. The number of likely N-dealkylation sites (N-methyl/N-ethyl adjacent to an activating group) is 1. The van der Waals surface area contributed by atoms with E-state index in [2.05, 4.69) is 10.3 Å². The zero-order valence-corrected chi connectivity index (χ0v) is 20.1. The lowest BCUT2D eigenvalue weighted by Gasteiger charge is -2.18. The van der Waals surface area contributed by atoms with E-state index in [1.165, 1.54) is 58.7 Å². The molecule has 3 aromatic rings. The number of carbonyl (C=O) groups is 3. The van der Waals surface area contributed by atoms with Gasteiger partial charge in [-0.25, -0.2) is 14.2 Å². The molecule has 1 aromatic heterocycles. The standard InChI is InChI=1S/C24H25FN4O4S/c1-15-6-5-7-16(2)22(15)27-20(30)13-28(3)21(31)14-33-23(32)19-12-26-24(34-4)29(19)18-10-8-17(25)9-11-18/h5-12H,13-14H2,1-4H3,(H,27,30). The number of hydrogen-bond donors (Lipinski definition) is 1. The van der Waals surface area contributed by atoms with Crippen LogP contribution in [-0.2, 0) is 14.3 Å². The number of aryl methyl sites for hydroxylation is 2. The predicted molar refractivity (Wildman–Crippen MR) is 128 cm³/mol. The van der Waals surface area contributed by atoms with Gasteiger partial charge in [-0.1, -0.05) is 30.0 Å².